The van der Waals surface area contributed by atoms with Gasteiger partial charge in [-0.2, -0.15) is 0 Å². The minimum Gasteiger partial charge on any atom is -0.453 e. The van der Waals surface area contributed by atoms with Crippen LogP contribution < -0.4 is 4.90 Å². The predicted molar refractivity (Wildman–Crippen MR) is 112 cm³/mol. The first-order chi connectivity index (χ1) is 13.4. The van der Waals surface area contributed by atoms with Crippen molar-refractivity contribution in [2.75, 3.05) is 17.7 Å². The number of carbonyl (C=O) groups is 2. The van der Waals surface area contributed by atoms with Crippen LogP contribution in [-0.4, -0.2) is 40.7 Å². The summed E-state index contributed by atoms with van der Waals surface area (Å²) in [4.78, 5) is 35.4. The molecule has 2 rings (SSSR count). The van der Waals surface area contributed by atoms with Gasteiger partial charge in [0, 0.05) is 30.0 Å². The Morgan fingerprint density at radius 2 is 1.75 bits per heavy atom. The number of para-hydroxylation sites is 1. The summed E-state index contributed by atoms with van der Waals surface area (Å²) in [6, 6.07) is 9.36. The Bertz CT molecular complexity index is 804. The molecule has 0 aliphatic rings. The van der Waals surface area contributed by atoms with Gasteiger partial charge in [0.25, 0.3) is 5.91 Å². The molecular weight excluding hydrogens is 374 g/mol. The standard InChI is InChI=1S/C21H27N3O3S/c1-6-24(17-10-8-7-9-11-17)20(26)16(4)27-19(25)13-12-18-14(2)22-21(28-5)23-15(18)3/h7-11,16H,6,12-13H2,1-5H3/t16-/m1/s1. The highest BCUT2D eigenvalue weighted by Crippen LogP contribution is 2.18. The van der Waals surface area contributed by atoms with Gasteiger partial charge >= 0.3 is 5.97 Å². The summed E-state index contributed by atoms with van der Waals surface area (Å²) >= 11 is 1.49. The highest BCUT2D eigenvalue weighted by Gasteiger charge is 2.24. The monoisotopic (exact) mass is 401 g/mol. The van der Waals surface area contributed by atoms with Crippen molar-refractivity contribution in [3.05, 3.63) is 47.3 Å². The average molecular weight is 402 g/mol. The summed E-state index contributed by atoms with van der Waals surface area (Å²) in [5, 5.41) is 0.723. The van der Waals surface area contributed by atoms with Crippen LogP contribution in [-0.2, 0) is 20.7 Å². The topological polar surface area (TPSA) is 72.4 Å². The van der Waals surface area contributed by atoms with E-state index in [1.54, 1.807) is 11.8 Å². The first-order valence-electron chi connectivity index (χ1n) is 9.31. The SMILES string of the molecule is CCN(C(=O)[C@@H](C)OC(=O)CCc1c(C)nc(SC)nc1C)c1ccccc1. The van der Waals surface area contributed by atoms with Crippen molar-refractivity contribution in [2.45, 2.75) is 51.8 Å². The Balaban J connectivity index is 1.96. The summed E-state index contributed by atoms with van der Waals surface area (Å²) in [5.41, 5.74) is 3.48. The zero-order valence-corrected chi connectivity index (χ0v) is 17.9. The van der Waals surface area contributed by atoms with E-state index in [9.17, 15) is 9.59 Å². The fourth-order valence-electron chi connectivity index (χ4n) is 2.99. The number of anilines is 1. The number of carbonyl (C=O) groups excluding carboxylic acids is 2. The molecule has 1 aromatic carbocycles. The van der Waals surface area contributed by atoms with Gasteiger partial charge < -0.3 is 9.64 Å². The molecule has 1 heterocycles. The van der Waals surface area contributed by atoms with Crippen LogP contribution in [0.1, 0.15) is 37.2 Å². The van der Waals surface area contributed by atoms with E-state index in [1.165, 1.54) is 11.8 Å². The van der Waals surface area contributed by atoms with Crippen LogP contribution in [0.5, 0.6) is 0 Å². The van der Waals surface area contributed by atoms with E-state index in [1.807, 2.05) is 57.4 Å². The van der Waals surface area contributed by atoms with Crippen molar-refractivity contribution in [3.63, 3.8) is 0 Å². The van der Waals surface area contributed by atoms with Gasteiger partial charge in [0.05, 0.1) is 0 Å². The van der Waals surface area contributed by atoms with Crippen LogP contribution in [0.3, 0.4) is 0 Å². The molecule has 1 amide bonds. The Morgan fingerprint density at radius 1 is 1.14 bits per heavy atom. The lowest BCUT2D eigenvalue weighted by Crippen LogP contribution is -2.40. The Hall–Kier alpha value is -2.41. The fourth-order valence-corrected chi connectivity index (χ4v) is 3.44. The number of amides is 1. The second kappa shape index (κ2) is 10.2. The first-order valence-corrected chi connectivity index (χ1v) is 10.5. The summed E-state index contributed by atoms with van der Waals surface area (Å²) in [6.07, 6.45) is 1.75. The number of rotatable bonds is 8. The molecule has 28 heavy (non-hydrogen) atoms. The van der Waals surface area contributed by atoms with Gasteiger partial charge in [-0.05, 0) is 58.1 Å². The second-order valence-corrected chi connectivity index (χ2v) is 7.18. The van der Waals surface area contributed by atoms with Crippen molar-refractivity contribution in [2.24, 2.45) is 0 Å². The van der Waals surface area contributed by atoms with Crippen LogP contribution in [0.25, 0.3) is 0 Å². The Labute approximate surface area is 170 Å². The summed E-state index contributed by atoms with van der Waals surface area (Å²) < 4.78 is 5.39. The third kappa shape index (κ3) is 5.55. The van der Waals surface area contributed by atoms with Gasteiger partial charge in [0.2, 0.25) is 0 Å². The number of aryl methyl sites for hydroxylation is 2. The second-order valence-electron chi connectivity index (χ2n) is 6.41. The highest BCUT2D eigenvalue weighted by atomic mass is 32.2. The molecule has 0 radical (unpaired) electrons. The van der Waals surface area contributed by atoms with Crippen LogP contribution >= 0.6 is 11.8 Å². The fraction of sp³-hybridized carbons (Fsp3) is 0.429. The molecule has 0 unspecified atom stereocenters. The molecule has 0 fully saturated rings. The molecule has 0 saturated carbocycles. The van der Waals surface area contributed by atoms with Gasteiger partial charge in [-0.3, -0.25) is 9.59 Å². The van der Waals surface area contributed by atoms with Crippen molar-refractivity contribution in [1.82, 2.24) is 9.97 Å². The number of likely N-dealkylation sites (N-methyl/N-ethyl adjacent to an activating group) is 1. The Kier molecular flexibility index (Phi) is 7.99. The molecule has 0 aliphatic heterocycles. The number of ether oxygens (including phenoxy) is 1. The Morgan fingerprint density at radius 3 is 2.29 bits per heavy atom. The molecule has 150 valence electrons. The number of benzene rings is 1. The number of esters is 1. The van der Waals surface area contributed by atoms with Gasteiger partial charge in [0.15, 0.2) is 11.3 Å². The summed E-state index contributed by atoms with van der Waals surface area (Å²) in [6.45, 7) is 7.84. The molecular formula is C21H27N3O3S. The number of thioether (sulfide) groups is 1. The molecule has 1 atom stereocenters. The van der Waals surface area contributed by atoms with E-state index in [0.717, 1.165) is 27.8 Å². The van der Waals surface area contributed by atoms with Crippen molar-refractivity contribution >= 4 is 29.3 Å². The molecule has 1 aromatic heterocycles. The van der Waals surface area contributed by atoms with Gasteiger partial charge in [-0.15, -0.1) is 0 Å². The normalized spacial score (nSPS) is 11.8. The highest BCUT2D eigenvalue weighted by molar-refractivity contribution is 7.98. The maximum atomic E-state index is 12.7. The maximum absolute atomic E-state index is 12.7. The van der Waals surface area contributed by atoms with Gasteiger partial charge in [-0.1, -0.05) is 30.0 Å². The summed E-state index contributed by atoms with van der Waals surface area (Å²) in [7, 11) is 0. The van der Waals surface area contributed by atoms with E-state index in [0.29, 0.717) is 13.0 Å². The van der Waals surface area contributed by atoms with E-state index in [-0.39, 0.29) is 12.3 Å². The van der Waals surface area contributed by atoms with E-state index in [2.05, 4.69) is 9.97 Å². The zero-order chi connectivity index (χ0) is 20.7. The number of nitrogens with zero attached hydrogens (tertiary/aromatic N) is 3. The van der Waals surface area contributed by atoms with Crippen LogP contribution in [0.2, 0.25) is 0 Å². The number of hydrogen-bond acceptors (Lipinski definition) is 6. The molecule has 7 heteroatoms. The largest absolute Gasteiger partial charge is 0.453 e. The van der Waals surface area contributed by atoms with Crippen molar-refractivity contribution < 1.29 is 14.3 Å². The third-order valence-electron chi connectivity index (χ3n) is 4.47. The molecule has 0 aliphatic carbocycles. The van der Waals surface area contributed by atoms with Gasteiger partial charge in [0.1, 0.15) is 0 Å². The van der Waals surface area contributed by atoms with Crippen molar-refractivity contribution in [3.8, 4) is 0 Å². The zero-order valence-electron chi connectivity index (χ0n) is 17.1. The minimum absolute atomic E-state index is 0.179. The van der Waals surface area contributed by atoms with E-state index in [4.69, 9.17) is 4.74 Å². The van der Waals surface area contributed by atoms with Crippen molar-refractivity contribution in [1.29, 1.82) is 0 Å². The molecule has 2 aromatic rings. The minimum atomic E-state index is -0.843. The molecule has 0 N–H and O–H groups in total. The van der Waals surface area contributed by atoms with Crippen LogP contribution in [0.4, 0.5) is 5.69 Å². The van der Waals surface area contributed by atoms with Crippen LogP contribution in [0, 0.1) is 13.8 Å². The smallest absolute Gasteiger partial charge is 0.306 e. The average Bonchev–Trinajstić information content (AvgIpc) is 2.68. The van der Waals surface area contributed by atoms with E-state index >= 15 is 0 Å². The van der Waals surface area contributed by atoms with E-state index < -0.39 is 12.1 Å². The quantitative estimate of drug-likeness (QED) is 0.381. The molecule has 0 spiro atoms. The lowest BCUT2D eigenvalue weighted by atomic mass is 10.1. The molecule has 0 saturated heterocycles. The maximum Gasteiger partial charge on any atom is 0.306 e. The number of aromatic nitrogens is 2. The van der Waals surface area contributed by atoms with Crippen LogP contribution in [0.15, 0.2) is 35.5 Å². The summed E-state index contributed by atoms with van der Waals surface area (Å²) in [5.74, 6) is -0.639. The third-order valence-corrected chi connectivity index (χ3v) is 5.02. The van der Waals surface area contributed by atoms with Gasteiger partial charge in [-0.25, -0.2) is 9.97 Å². The molecule has 6 nitrogen and oxygen atoms in total. The predicted octanol–water partition coefficient (Wildman–Crippen LogP) is 3.73. The lowest BCUT2D eigenvalue weighted by molar-refractivity contribution is -0.153. The number of hydrogen-bond donors (Lipinski definition) is 0. The first kappa shape index (κ1) is 21.9. The lowest BCUT2D eigenvalue weighted by Gasteiger charge is -2.24. The molecule has 0 bridgehead atoms.